The third-order valence-electron chi connectivity index (χ3n) is 5.87. The van der Waals surface area contributed by atoms with Crippen molar-refractivity contribution in [2.75, 3.05) is 44.6 Å². The lowest BCUT2D eigenvalue weighted by Crippen LogP contribution is -2.36. The fraction of sp³-hybridized carbons (Fsp3) is 0.476. The highest BCUT2D eigenvalue weighted by Crippen LogP contribution is 2.39. The highest BCUT2D eigenvalue weighted by Gasteiger charge is 2.36. The molecule has 2 saturated heterocycles. The molecule has 2 fully saturated rings. The number of nitrogens with zero attached hydrogens (tertiary/aromatic N) is 4. The Hall–Kier alpha value is -2.76. The number of hydrogen-bond donors (Lipinski definition) is 3. The van der Waals surface area contributed by atoms with Crippen molar-refractivity contribution in [1.29, 1.82) is 0 Å². The van der Waals surface area contributed by atoms with Crippen LogP contribution in [0.4, 0.5) is 19.1 Å². The minimum atomic E-state index is -4.59. The molecule has 0 bridgehead atoms. The Labute approximate surface area is 182 Å². The first-order valence-electron chi connectivity index (χ1n) is 10.7. The molecule has 3 aromatic heterocycles. The van der Waals surface area contributed by atoms with Gasteiger partial charge in [0.15, 0.2) is 0 Å². The van der Waals surface area contributed by atoms with Crippen molar-refractivity contribution in [1.82, 2.24) is 30.2 Å². The van der Waals surface area contributed by atoms with Gasteiger partial charge in [-0.05, 0) is 37.6 Å². The van der Waals surface area contributed by atoms with Gasteiger partial charge in [0.1, 0.15) is 17.4 Å². The summed E-state index contributed by atoms with van der Waals surface area (Å²) in [5.41, 5.74) is -0.145. The van der Waals surface area contributed by atoms with E-state index in [1.807, 2.05) is 0 Å². The molecule has 11 heteroatoms. The zero-order valence-corrected chi connectivity index (χ0v) is 17.3. The van der Waals surface area contributed by atoms with E-state index in [9.17, 15) is 13.2 Å². The average molecular weight is 447 g/mol. The highest BCUT2D eigenvalue weighted by atomic mass is 19.4. The summed E-state index contributed by atoms with van der Waals surface area (Å²) in [5.74, 6) is 0.576. The molecule has 0 aliphatic carbocycles. The minimum Gasteiger partial charge on any atom is -0.355 e. The van der Waals surface area contributed by atoms with Crippen molar-refractivity contribution in [3.63, 3.8) is 0 Å². The quantitative estimate of drug-likeness (QED) is 0.554. The smallest absolute Gasteiger partial charge is 0.355 e. The lowest BCUT2D eigenvalue weighted by Gasteiger charge is -2.25. The summed E-state index contributed by atoms with van der Waals surface area (Å²) in [5, 5.41) is 10.2. The largest absolute Gasteiger partial charge is 0.419 e. The SMILES string of the molecule is FC(F)(F)c1cnc(NCC2CCNC2)nc1-c1cn(C2CNCCO2)c2ncccc12. The van der Waals surface area contributed by atoms with E-state index in [0.29, 0.717) is 42.2 Å². The number of alkyl halides is 3. The van der Waals surface area contributed by atoms with Gasteiger partial charge in [-0.2, -0.15) is 13.2 Å². The Kier molecular flexibility index (Phi) is 5.70. The third kappa shape index (κ3) is 4.15. The number of morpholine rings is 1. The first-order chi connectivity index (χ1) is 15.5. The number of rotatable bonds is 5. The molecular formula is C21H24F3N7O. The van der Waals surface area contributed by atoms with E-state index in [2.05, 4.69) is 30.9 Å². The molecule has 0 spiro atoms. The number of anilines is 1. The molecule has 3 aromatic rings. The number of hydrogen-bond acceptors (Lipinski definition) is 7. The van der Waals surface area contributed by atoms with Crippen molar-refractivity contribution in [2.24, 2.45) is 5.92 Å². The zero-order chi connectivity index (χ0) is 22.1. The van der Waals surface area contributed by atoms with Crippen LogP contribution in [0.25, 0.3) is 22.3 Å². The van der Waals surface area contributed by atoms with Crippen molar-refractivity contribution in [3.8, 4) is 11.3 Å². The predicted octanol–water partition coefficient (Wildman–Crippen LogP) is 2.65. The van der Waals surface area contributed by atoms with Crippen LogP contribution in [-0.2, 0) is 10.9 Å². The number of fused-ring (bicyclic) bond motifs is 1. The van der Waals surface area contributed by atoms with Crippen LogP contribution in [0.3, 0.4) is 0 Å². The lowest BCUT2D eigenvalue weighted by molar-refractivity contribution is -0.137. The number of aromatic nitrogens is 4. The number of pyridine rings is 1. The molecule has 170 valence electrons. The van der Waals surface area contributed by atoms with Gasteiger partial charge >= 0.3 is 6.18 Å². The summed E-state index contributed by atoms with van der Waals surface area (Å²) in [4.78, 5) is 12.7. The second-order valence-electron chi connectivity index (χ2n) is 8.05. The summed E-state index contributed by atoms with van der Waals surface area (Å²) in [7, 11) is 0. The van der Waals surface area contributed by atoms with Crippen LogP contribution in [0.5, 0.6) is 0 Å². The monoisotopic (exact) mass is 447 g/mol. The molecule has 2 aliphatic rings. The first kappa shape index (κ1) is 21.1. The van der Waals surface area contributed by atoms with Gasteiger partial charge in [-0.3, -0.25) is 0 Å². The van der Waals surface area contributed by atoms with E-state index in [4.69, 9.17) is 4.74 Å². The summed E-state index contributed by atoms with van der Waals surface area (Å²) in [6.07, 6.45) is 0.177. The second-order valence-corrected chi connectivity index (χ2v) is 8.05. The zero-order valence-electron chi connectivity index (χ0n) is 17.3. The highest BCUT2D eigenvalue weighted by molar-refractivity contribution is 5.94. The summed E-state index contributed by atoms with van der Waals surface area (Å²) >= 11 is 0. The molecule has 8 nitrogen and oxygen atoms in total. The number of halogens is 3. The Bertz CT molecular complexity index is 1090. The van der Waals surface area contributed by atoms with E-state index in [1.165, 1.54) is 0 Å². The van der Waals surface area contributed by atoms with E-state index in [0.717, 1.165) is 32.3 Å². The Morgan fingerprint density at radius 1 is 1.19 bits per heavy atom. The fourth-order valence-electron chi connectivity index (χ4n) is 4.23. The minimum absolute atomic E-state index is 0.167. The molecule has 0 aromatic carbocycles. The molecule has 3 N–H and O–H groups in total. The van der Waals surface area contributed by atoms with Gasteiger partial charge in [-0.25, -0.2) is 15.0 Å². The van der Waals surface area contributed by atoms with Crippen LogP contribution >= 0.6 is 0 Å². The molecule has 32 heavy (non-hydrogen) atoms. The van der Waals surface area contributed by atoms with Gasteiger partial charge in [0, 0.05) is 49.2 Å². The van der Waals surface area contributed by atoms with Gasteiger partial charge in [0.05, 0.1) is 12.3 Å². The maximum absolute atomic E-state index is 13.9. The average Bonchev–Trinajstić information content (AvgIpc) is 3.45. The van der Waals surface area contributed by atoms with Crippen molar-refractivity contribution < 1.29 is 17.9 Å². The fourth-order valence-corrected chi connectivity index (χ4v) is 4.23. The summed E-state index contributed by atoms with van der Waals surface area (Å²) in [6, 6.07) is 3.46. The molecule has 0 saturated carbocycles. The molecule has 0 amide bonds. The molecule has 2 aliphatic heterocycles. The van der Waals surface area contributed by atoms with Crippen LogP contribution in [0, 0.1) is 5.92 Å². The van der Waals surface area contributed by atoms with E-state index < -0.39 is 11.7 Å². The van der Waals surface area contributed by atoms with Crippen LogP contribution in [0.1, 0.15) is 18.2 Å². The normalized spacial score (nSPS) is 21.8. The van der Waals surface area contributed by atoms with Crippen LogP contribution < -0.4 is 16.0 Å². The van der Waals surface area contributed by atoms with Crippen LogP contribution in [0.15, 0.2) is 30.7 Å². The molecular weight excluding hydrogens is 423 g/mol. The van der Waals surface area contributed by atoms with Crippen molar-refractivity contribution >= 4 is 17.0 Å². The Morgan fingerprint density at radius 2 is 2.06 bits per heavy atom. The molecule has 2 unspecified atom stereocenters. The summed E-state index contributed by atoms with van der Waals surface area (Å²) in [6.45, 7) is 4.19. The Morgan fingerprint density at radius 3 is 2.81 bits per heavy atom. The van der Waals surface area contributed by atoms with E-state index >= 15 is 0 Å². The topological polar surface area (TPSA) is 88.9 Å². The van der Waals surface area contributed by atoms with E-state index in [1.54, 1.807) is 29.1 Å². The summed E-state index contributed by atoms with van der Waals surface area (Å²) < 4.78 is 49.3. The van der Waals surface area contributed by atoms with Gasteiger partial charge in [0.25, 0.3) is 0 Å². The third-order valence-corrected chi connectivity index (χ3v) is 5.87. The maximum atomic E-state index is 13.9. The Balaban J connectivity index is 1.58. The van der Waals surface area contributed by atoms with Gasteiger partial charge in [-0.1, -0.05) is 0 Å². The predicted molar refractivity (Wildman–Crippen MR) is 113 cm³/mol. The van der Waals surface area contributed by atoms with Gasteiger partial charge in [-0.15, -0.1) is 0 Å². The first-order valence-corrected chi connectivity index (χ1v) is 10.7. The molecule has 0 radical (unpaired) electrons. The second kappa shape index (κ2) is 8.64. The maximum Gasteiger partial charge on any atom is 0.419 e. The van der Waals surface area contributed by atoms with Crippen LogP contribution in [0.2, 0.25) is 0 Å². The molecule has 5 rings (SSSR count). The lowest BCUT2D eigenvalue weighted by atomic mass is 10.1. The van der Waals surface area contributed by atoms with Crippen LogP contribution in [-0.4, -0.2) is 58.8 Å². The standard InChI is InChI=1S/C21H24F3N7O/c22-21(23,24)16-10-29-20(28-9-13-3-5-25-8-13)30-18(16)15-12-31(17-11-26-6-7-32-17)19-14(15)2-1-4-27-19/h1-2,4,10,12-13,17,25-26H,3,5-9,11H2,(H,28,29,30). The van der Waals surface area contributed by atoms with Crippen molar-refractivity contribution in [3.05, 3.63) is 36.3 Å². The van der Waals surface area contributed by atoms with E-state index in [-0.39, 0.29) is 17.9 Å². The van der Waals surface area contributed by atoms with Gasteiger partial charge in [0.2, 0.25) is 5.95 Å². The number of nitrogens with one attached hydrogen (secondary N) is 3. The molecule has 5 heterocycles. The van der Waals surface area contributed by atoms with Crippen molar-refractivity contribution in [2.45, 2.75) is 18.8 Å². The van der Waals surface area contributed by atoms with Gasteiger partial charge < -0.3 is 25.3 Å². The molecule has 2 atom stereocenters. The number of ether oxygens (including phenoxy) is 1.